The van der Waals surface area contributed by atoms with Gasteiger partial charge in [-0.1, -0.05) is 20.8 Å². The van der Waals surface area contributed by atoms with E-state index < -0.39 is 0 Å². The Morgan fingerprint density at radius 1 is 1.11 bits per heavy atom. The zero-order valence-corrected chi connectivity index (χ0v) is 12.8. The molecule has 106 valence electrons. The first kappa shape index (κ1) is 14.3. The Morgan fingerprint density at radius 2 is 1.72 bits per heavy atom. The summed E-state index contributed by atoms with van der Waals surface area (Å²) in [5, 5.41) is 3.77. The van der Waals surface area contributed by atoms with Crippen molar-refractivity contribution in [2.45, 2.75) is 77.4 Å². The number of piperidine rings is 1. The Morgan fingerprint density at radius 3 is 2.22 bits per heavy atom. The van der Waals surface area contributed by atoms with Gasteiger partial charge in [0, 0.05) is 18.1 Å². The third-order valence-corrected chi connectivity index (χ3v) is 5.23. The molecule has 2 heteroatoms. The van der Waals surface area contributed by atoms with Crippen LogP contribution in [0.3, 0.4) is 0 Å². The second-order valence-corrected chi connectivity index (χ2v) is 6.92. The summed E-state index contributed by atoms with van der Waals surface area (Å²) >= 11 is 0. The summed E-state index contributed by atoms with van der Waals surface area (Å²) in [6.07, 6.45) is 8.51. The van der Waals surface area contributed by atoms with Gasteiger partial charge in [0.2, 0.25) is 0 Å². The van der Waals surface area contributed by atoms with Crippen LogP contribution in [-0.4, -0.2) is 36.6 Å². The van der Waals surface area contributed by atoms with Crippen molar-refractivity contribution in [1.29, 1.82) is 0 Å². The summed E-state index contributed by atoms with van der Waals surface area (Å²) in [5.74, 6) is 1.77. The van der Waals surface area contributed by atoms with Gasteiger partial charge in [-0.15, -0.1) is 0 Å². The van der Waals surface area contributed by atoms with Crippen LogP contribution in [0.4, 0.5) is 0 Å². The maximum atomic E-state index is 3.77. The normalized spacial score (nSPS) is 34.2. The predicted octanol–water partition coefficient (Wildman–Crippen LogP) is 3.27. The monoisotopic (exact) mass is 252 g/mol. The molecule has 2 rings (SSSR count). The number of rotatable bonds is 6. The molecule has 0 aromatic rings. The van der Waals surface area contributed by atoms with Crippen LogP contribution in [-0.2, 0) is 0 Å². The molecule has 0 radical (unpaired) electrons. The molecular formula is C16H32N2. The van der Waals surface area contributed by atoms with Crippen LogP contribution in [0.15, 0.2) is 0 Å². The SMILES string of the molecule is CCNC(CCC(C)C)C1CC2CCC(C1)N2C. The van der Waals surface area contributed by atoms with Gasteiger partial charge in [0.05, 0.1) is 0 Å². The van der Waals surface area contributed by atoms with E-state index in [4.69, 9.17) is 0 Å². The fourth-order valence-corrected chi connectivity index (χ4v) is 4.06. The van der Waals surface area contributed by atoms with Crippen molar-refractivity contribution in [3.05, 3.63) is 0 Å². The summed E-state index contributed by atoms with van der Waals surface area (Å²) < 4.78 is 0. The van der Waals surface area contributed by atoms with E-state index in [-0.39, 0.29) is 0 Å². The highest BCUT2D eigenvalue weighted by atomic mass is 15.2. The van der Waals surface area contributed by atoms with Crippen LogP contribution in [0.5, 0.6) is 0 Å². The first-order valence-corrected chi connectivity index (χ1v) is 8.07. The Hall–Kier alpha value is -0.0800. The molecule has 2 fully saturated rings. The van der Waals surface area contributed by atoms with Gasteiger partial charge in [0.15, 0.2) is 0 Å². The van der Waals surface area contributed by atoms with Crippen molar-refractivity contribution in [2.75, 3.05) is 13.6 Å². The van der Waals surface area contributed by atoms with Crippen LogP contribution in [0, 0.1) is 11.8 Å². The van der Waals surface area contributed by atoms with E-state index in [9.17, 15) is 0 Å². The average Bonchev–Trinajstić information content (AvgIpc) is 2.56. The quantitative estimate of drug-likeness (QED) is 0.780. The van der Waals surface area contributed by atoms with Crippen LogP contribution >= 0.6 is 0 Å². The molecule has 2 nitrogen and oxygen atoms in total. The Labute approximate surface area is 114 Å². The standard InChI is InChI=1S/C16H32N2/c1-5-17-16(9-6-12(2)3)13-10-14-7-8-15(11-13)18(14)4/h12-17H,5-11H2,1-4H3. The zero-order chi connectivity index (χ0) is 13.1. The van der Waals surface area contributed by atoms with Gasteiger partial charge < -0.3 is 10.2 Å². The molecule has 18 heavy (non-hydrogen) atoms. The molecule has 0 saturated carbocycles. The van der Waals surface area contributed by atoms with E-state index in [1.807, 2.05) is 0 Å². The minimum absolute atomic E-state index is 0.772. The van der Waals surface area contributed by atoms with Gasteiger partial charge in [-0.05, 0) is 64.0 Å². The van der Waals surface area contributed by atoms with Crippen LogP contribution in [0.2, 0.25) is 0 Å². The second-order valence-electron chi connectivity index (χ2n) is 6.92. The second kappa shape index (κ2) is 6.38. The van der Waals surface area contributed by atoms with Crippen molar-refractivity contribution in [3.8, 4) is 0 Å². The van der Waals surface area contributed by atoms with Crippen molar-refractivity contribution in [3.63, 3.8) is 0 Å². The van der Waals surface area contributed by atoms with Gasteiger partial charge >= 0.3 is 0 Å². The fraction of sp³-hybridized carbons (Fsp3) is 1.00. The van der Waals surface area contributed by atoms with Gasteiger partial charge in [-0.2, -0.15) is 0 Å². The topological polar surface area (TPSA) is 15.3 Å². The van der Waals surface area contributed by atoms with E-state index in [2.05, 4.69) is 38.0 Å². The first-order valence-electron chi connectivity index (χ1n) is 8.07. The average molecular weight is 252 g/mol. The summed E-state index contributed by atoms with van der Waals surface area (Å²) in [4.78, 5) is 2.65. The highest BCUT2D eigenvalue weighted by Crippen LogP contribution is 2.39. The molecule has 3 atom stereocenters. The third kappa shape index (κ3) is 3.27. The summed E-state index contributed by atoms with van der Waals surface area (Å²) in [5.41, 5.74) is 0. The summed E-state index contributed by atoms with van der Waals surface area (Å²) in [7, 11) is 2.34. The number of hydrogen-bond acceptors (Lipinski definition) is 2. The number of nitrogens with one attached hydrogen (secondary N) is 1. The van der Waals surface area contributed by atoms with Crippen molar-refractivity contribution < 1.29 is 0 Å². The third-order valence-electron chi connectivity index (χ3n) is 5.23. The van der Waals surface area contributed by atoms with E-state index in [1.54, 1.807) is 0 Å². The highest BCUT2D eigenvalue weighted by Gasteiger charge is 2.40. The molecule has 2 aliphatic rings. The molecule has 0 spiro atoms. The van der Waals surface area contributed by atoms with Crippen molar-refractivity contribution in [2.24, 2.45) is 11.8 Å². The zero-order valence-electron chi connectivity index (χ0n) is 12.8. The van der Waals surface area contributed by atoms with E-state index >= 15 is 0 Å². The lowest BCUT2D eigenvalue weighted by molar-refractivity contribution is 0.109. The van der Waals surface area contributed by atoms with Crippen molar-refractivity contribution >= 4 is 0 Å². The van der Waals surface area contributed by atoms with Crippen LogP contribution in [0.25, 0.3) is 0 Å². The summed E-state index contributed by atoms with van der Waals surface area (Å²) in [6.45, 7) is 8.08. The molecule has 2 saturated heterocycles. The molecule has 2 aliphatic heterocycles. The molecule has 2 bridgehead atoms. The molecule has 3 unspecified atom stereocenters. The largest absolute Gasteiger partial charge is 0.314 e. The Balaban J connectivity index is 1.90. The maximum Gasteiger partial charge on any atom is 0.00989 e. The fourth-order valence-electron chi connectivity index (χ4n) is 4.06. The van der Waals surface area contributed by atoms with Gasteiger partial charge in [-0.25, -0.2) is 0 Å². The van der Waals surface area contributed by atoms with Gasteiger partial charge in [0.1, 0.15) is 0 Å². The maximum absolute atomic E-state index is 3.77. The van der Waals surface area contributed by atoms with E-state index in [0.717, 1.165) is 36.5 Å². The lowest BCUT2D eigenvalue weighted by atomic mass is 9.82. The number of nitrogens with zero attached hydrogens (tertiary/aromatic N) is 1. The van der Waals surface area contributed by atoms with Crippen LogP contribution < -0.4 is 5.32 Å². The molecular weight excluding hydrogens is 220 g/mol. The number of hydrogen-bond donors (Lipinski definition) is 1. The number of fused-ring (bicyclic) bond motifs is 2. The smallest absolute Gasteiger partial charge is 0.00989 e. The highest BCUT2D eigenvalue weighted by molar-refractivity contribution is 4.96. The first-order chi connectivity index (χ1) is 8.61. The molecule has 0 amide bonds. The minimum atomic E-state index is 0.772. The van der Waals surface area contributed by atoms with Gasteiger partial charge in [-0.3, -0.25) is 0 Å². The lowest BCUT2D eigenvalue weighted by Crippen LogP contribution is -2.47. The summed E-state index contributed by atoms with van der Waals surface area (Å²) in [6, 6.07) is 2.54. The predicted molar refractivity (Wildman–Crippen MR) is 78.8 cm³/mol. The Kier molecular flexibility index (Phi) is 5.08. The van der Waals surface area contributed by atoms with E-state index in [0.29, 0.717) is 0 Å². The molecule has 1 N–H and O–H groups in total. The Bertz CT molecular complexity index is 237. The van der Waals surface area contributed by atoms with Crippen molar-refractivity contribution in [1.82, 2.24) is 10.2 Å². The van der Waals surface area contributed by atoms with Gasteiger partial charge in [0.25, 0.3) is 0 Å². The molecule has 2 heterocycles. The molecule has 0 aromatic carbocycles. The van der Waals surface area contributed by atoms with E-state index in [1.165, 1.54) is 38.5 Å². The molecule has 0 aromatic heterocycles. The molecule has 0 aliphatic carbocycles. The van der Waals surface area contributed by atoms with Crippen LogP contribution in [0.1, 0.15) is 59.3 Å². The lowest BCUT2D eigenvalue weighted by Gasteiger charge is -2.40. The minimum Gasteiger partial charge on any atom is -0.314 e.